The Bertz CT molecular complexity index is 212. The molecule has 0 aliphatic heterocycles. The van der Waals surface area contributed by atoms with Crippen molar-refractivity contribution in [2.75, 3.05) is 6.54 Å². The first-order chi connectivity index (χ1) is 4.87. The third kappa shape index (κ3) is 0.654. The zero-order chi connectivity index (χ0) is 7.03. The summed E-state index contributed by atoms with van der Waals surface area (Å²) in [6.45, 7) is 0.677. The molecule has 2 rings (SSSR count). The lowest BCUT2D eigenvalue weighted by molar-refractivity contribution is 0.429. The summed E-state index contributed by atoms with van der Waals surface area (Å²) in [6.07, 6.45) is 5.86. The molecule has 1 heterocycles. The predicted octanol–water partition coefficient (Wildman–Crippen LogP) is -0.274. The number of rotatable bonds is 2. The standard InChI is InChI=1S/C6H10N4/c7-5-6(1-2-6)10-4-3-8-9-10/h3-4H,1-2,5,7H2. The molecule has 2 N–H and O–H groups in total. The molecule has 0 aromatic carbocycles. The summed E-state index contributed by atoms with van der Waals surface area (Å²) in [4.78, 5) is 0. The Morgan fingerprint density at radius 3 is 2.80 bits per heavy atom. The zero-order valence-corrected chi connectivity index (χ0v) is 5.70. The van der Waals surface area contributed by atoms with Crippen LogP contribution in [-0.2, 0) is 5.54 Å². The number of nitrogens with two attached hydrogens (primary N) is 1. The Hall–Kier alpha value is -0.900. The highest BCUT2D eigenvalue weighted by Gasteiger charge is 2.44. The molecule has 0 saturated heterocycles. The van der Waals surface area contributed by atoms with Crippen LogP contribution in [0.4, 0.5) is 0 Å². The predicted molar refractivity (Wildman–Crippen MR) is 36.3 cm³/mol. The molecular weight excluding hydrogens is 128 g/mol. The molecule has 1 saturated carbocycles. The molecule has 1 aromatic heterocycles. The van der Waals surface area contributed by atoms with Gasteiger partial charge in [0.1, 0.15) is 0 Å². The van der Waals surface area contributed by atoms with Crippen LogP contribution >= 0.6 is 0 Å². The molecule has 1 aliphatic rings. The van der Waals surface area contributed by atoms with E-state index >= 15 is 0 Å². The molecule has 0 radical (unpaired) electrons. The maximum Gasteiger partial charge on any atom is 0.0768 e. The van der Waals surface area contributed by atoms with Gasteiger partial charge < -0.3 is 5.73 Å². The van der Waals surface area contributed by atoms with Crippen molar-refractivity contribution >= 4 is 0 Å². The summed E-state index contributed by atoms with van der Waals surface area (Å²) in [7, 11) is 0. The average Bonchev–Trinajstić information content (AvgIpc) is 2.58. The van der Waals surface area contributed by atoms with Gasteiger partial charge >= 0.3 is 0 Å². The molecule has 4 nitrogen and oxygen atoms in total. The molecule has 10 heavy (non-hydrogen) atoms. The van der Waals surface area contributed by atoms with E-state index < -0.39 is 0 Å². The SMILES string of the molecule is NCC1(n2ccnn2)CC1. The van der Waals surface area contributed by atoms with Gasteiger partial charge in [-0.3, -0.25) is 0 Å². The van der Waals surface area contributed by atoms with Crippen LogP contribution < -0.4 is 5.73 Å². The Balaban J connectivity index is 2.27. The largest absolute Gasteiger partial charge is 0.328 e. The molecule has 54 valence electrons. The van der Waals surface area contributed by atoms with Crippen LogP contribution in [0.5, 0.6) is 0 Å². The van der Waals surface area contributed by atoms with E-state index in [0.717, 1.165) is 12.8 Å². The third-order valence-electron chi connectivity index (χ3n) is 2.12. The van der Waals surface area contributed by atoms with Gasteiger partial charge in [0, 0.05) is 12.7 Å². The Morgan fingerprint density at radius 2 is 2.40 bits per heavy atom. The monoisotopic (exact) mass is 138 g/mol. The lowest BCUT2D eigenvalue weighted by atomic mass is 10.3. The van der Waals surface area contributed by atoms with Crippen molar-refractivity contribution in [2.24, 2.45) is 5.73 Å². The van der Waals surface area contributed by atoms with E-state index in [0.29, 0.717) is 6.54 Å². The van der Waals surface area contributed by atoms with Crippen molar-refractivity contribution < 1.29 is 0 Å². The van der Waals surface area contributed by atoms with Gasteiger partial charge in [0.2, 0.25) is 0 Å². The van der Waals surface area contributed by atoms with E-state index in [9.17, 15) is 0 Å². The van der Waals surface area contributed by atoms with Crippen LogP contribution in [0.15, 0.2) is 12.4 Å². The minimum atomic E-state index is 0.135. The minimum absolute atomic E-state index is 0.135. The van der Waals surface area contributed by atoms with Crippen LogP contribution in [0.2, 0.25) is 0 Å². The molecule has 4 heteroatoms. The van der Waals surface area contributed by atoms with Gasteiger partial charge in [0.05, 0.1) is 11.7 Å². The van der Waals surface area contributed by atoms with Gasteiger partial charge in [-0.05, 0) is 12.8 Å². The van der Waals surface area contributed by atoms with E-state index in [4.69, 9.17) is 5.73 Å². The maximum atomic E-state index is 5.57. The van der Waals surface area contributed by atoms with E-state index in [1.807, 2.05) is 10.9 Å². The minimum Gasteiger partial charge on any atom is -0.328 e. The summed E-state index contributed by atoms with van der Waals surface area (Å²) in [6, 6.07) is 0. The van der Waals surface area contributed by atoms with E-state index in [-0.39, 0.29) is 5.54 Å². The van der Waals surface area contributed by atoms with Crippen LogP contribution in [0.25, 0.3) is 0 Å². The normalized spacial score (nSPS) is 20.9. The number of hydrogen-bond acceptors (Lipinski definition) is 3. The topological polar surface area (TPSA) is 56.7 Å². The highest BCUT2D eigenvalue weighted by Crippen LogP contribution is 2.41. The lowest BCUT2D eigenvalue weighted by Crippen LogP contribution is -2.27. The van der Waals surface area contributed by atoms with Crippen LogP contribution in [-0.4, -0.2) is 21.5 Å². The van der Waals surface area contributed by atoms with E-state index in [1.54, 1.807) is 6.20 Å². The van der Waals surface area contributed by atoms with Gasteiger partial charge in [0.25, 0.3) is 0 Å². The molecule has 0 unspecified atom stereocenters. The molecule has 1 aromatic rings. The molecule has 0 bridgehead atoms. The van der Waals surface area contributed by atoms with Gasteiger partial charge in [-0.1, -0.05) is 5.21 Å². The highest BCUT2D eigenvalue weighted by molar-refractivity contribution is 4.99. The van der Waals surface area contributed by atoms with Gasteiger partial charge in [-0.15, -0.1) is 5.10 Å². The number of nitrogens with zero attached hydrogens (tertiary/aromatic N) is 3. The third-order valence-corrected chi connectivity index (χ3v) is 2.12. The van der Waals surface area contributed by atoms with E-state index in [2.05, 4.69) is 10.3 Å². The van der Waals surface area contributed by atoms with Crippen molar-refractivity contribution in [2.45, 2.75) is 18.4 Å². The molecule has 1 aliphatic carbocycles. The van der Waals surface area contributed by atoms with Crippen molar-refractivity contribution in [1.82, 2.24) is 15.0 Å². The van der Waals surface area contributed by atoms with Crippen LogP contribution in [0.1, 0.15) is 12.8 Å². The fraction of sp³-hybridized carbons (Fsp3) is 0.667. The summed E-state index contributed by atoms with van der Waals surface area (Å²) in [5.74, 6) is 0. The number of aromatic nitrogens is 3. The molecule has 0 atom stereocenters. The average molecular weight is 138 g/mol. The van der Waals surface area contributed by atoms with Crippen LogP contribution in [0, 0.1) is 0 Å². The second-order valence-corrected chi connectivity index (χ2v) is 2.78. The second kappa shape index (κ2) is 1.79. The molecular formula is C6H10N4. The zero-order valence-electron chi connectivity index (χ0n) is 5.70. The molecule has 0 spiro atoms. The Labute approximate surface area is 59.0 Å². The van der Waals surface area contributed by atoms with Crippen molar-refractivity contribution in [1.29, 1.82) is 0 Å². The van der Waals surface area contributed by atoms with Gasteiger partial charge in [0.15, 0.2) is 0 Å². The maximum absolute atomic E-state index is 5.57. The fourth-order valence-electron chi connectivity index (χ4n) is 1.13. The second-order valence-electron chi connectivity index (χ2n) is 2.78. The molecule has 1 fully saturated rings. The first-order valence-corrected chi connectivity index (χ1v) is 3.44. The van der Waals surface area contributed by atoms with Crippen molar-refractivity contribution in [3.05, 3.63) is 12.4 Å². The highest BCUT2D eigenvalue weighted by atomic mass is 15.5. The van der Waals surface area contributed by atoms with E-state index in [1.165, 1.54) is 0 Å². The van der Waals surface area contributed by atoms with Crippen molar-refractivity contribution in [3.63, 3.8) is 0 Å². The first kappa shape index (κ1) is 5.85. The lowest BCUT2D eigenvalue weighted by Gasteiger charge is -2.10. The van der Waals surface area contributed by atoms with Crippen LogP contribution in [0.3, 0.4) is 0 Å². The first-order valence-electron chi connectivity index (χ1n) is 3.44. The summed E-state index contributed by atoms with van der Waals surface area (Å²) >= 11 is 0. The fourth-order valence-corrected chi connectivity index (χ4v) is 1.13. The molecule has 0 amide bonds. The Kier molecular flexibility index (Phi) is 1.05. The quantitative estimate of drug-likeness (QED) is 0.611. The summed E-state index contributed by atoms with van der Waals surface area (Å²) in [5, 5.41) is 7.64. The Morgan fingerprint density at radius 1 is 1.60 bits per heavy atom. The number of hydrogen-bond donors (Lipinski definition) is 1. The smallest absolute Gasteiger partial charge is 0.0768 e. The van der Waals surface area contributed by atoms with Crippen molar-refractivity contribution in [3.8, 4) is 0 Å². The van der Waals surface area contributed by atoms with Gasteiger partial charge in [-0.2, -0.15) is 0 Å². The summed E-state index contributed by atoms with van der Waals surface area (Å²) in [5.41, 5.74) is 5.71. The summed E-state index contributed by atoms with van der Waals surface area (Å²) < 4.78 is 1.87. The van der Waals surface area contributed by atoms with Gasteiger partial charge in [-0.25, -0.2) is 4.68 Å².